The van der Waals surface area contributed by atoms with Crippen LogP contribution in [-0.4, -0.2) is 11.9 Å². The zero-order chi connectivity index (χ0) is 22.5. The Morgan fingerprint density at radius 3 is 2.28 bits per heavy atom. The van der Waals surface area contributed by atoms with Gasteiger partial charge in [0.2, 0.25) is 0 Å². The number of nitrogens with one attached hydrogen (secondary N) is 1. The van der Waals surface area contributed by atoms with Crippen molar-refractivity contribution in [2.45, 2.75) is 58.5 Å². The molecule has 3 heteroatoms. The van der Waals surface area contributed by atoms with Crippen molar-refractivity contribution in [1.29, 1.82) is 0 Å². The average molecular weight is 427 g/mol. The molecule has 0 saturated carbocycles. The first kappa shape index (κ1) is 22.1. The number of rotatable bonds is 7. The molecule has 0 saturated heterocycles. The molecule has 4 rings (SSSR count). The number of hydrogen-bond acceptors (Lipinski definition) is 2. The lowest BCUT2D eigenvalue weighted by Gasteiger charge is -2.45. The maximum atomic E-state index is 13.8. The molecule has 1 heterocycles. The summed E-state index contributed by atoms with van der Waals surface area (Å²) in [5, 5.41) is 3.74. The Kier molecular flexibility index (Phi) is 6.94. The van der Waals surface area contributed by atoms with Gasteiger partial charge in [-0.2, -0.15) is 0 Å². The molecule has 166 valence electrons. The van der Waals surface area contributed by atoms with Crippen LogP contribution < -0.4 is 10.2 Å². The molecule has 0 radical (unpaired) electrons. The zero-order valence-electron chi connectivity index (χ0n) is 19.4. The predicted molar refractivity (Wildman–Crippen MR) is 134 cm³/mol. The van der Waals surface area contributed by atoms with Crippen molar-refractivity contribution < 1.29 is 4.79 Å². The van der Waals surface area contributed by atoms with Crippen LogP contribution >= 0.6 is 0 Å². The van der Waals surface area contributed by atoms with Gasteiger partial charge in [0.15, 0.2) is 0 Å². The summed E-state index contributed by atoms with van der Waals surface area (Å²) in [6, 6.07) is 27.2. The van der Waals surface area contributed by atoms with Gasteiger partial charge in [-0.15, -0.1) is 0 Å². The predicted octanol–water partition coefficient (Wildman–Crippen LogP) is 7.26. The minimum atomic E-state index is 0.0938. The highest BCUT2D eigenvalue weighted by molar-refractivity contribution is 6.07. The van der Waals surface area contributed by atoms with E-state index >= 15 is 0 Å². The van der Waals surface area contributed by atoms with Crippen LogP contribution in [0, 0.1) is 5.92 Å². The Morgan fingerprint density at radius 2 is 1.59 bits per heavy atom. The Labute approximate surface area is 192 Å². The van der Waals surface area contributed by atoms with Crippen molar-refractivity contribution >= 4 is 17.3 Å². The largest absolute Gasteiger partial charge is 0.378 e. The lowest BCUT2D eigenvalue weighted by Crippen LogP contribution is -2.50. The zero-order valence-corrected chi connectivity index (χ0v) is 19.4. The van der Waals surface area contributed by atoms with Crippen molar-refractivity contribution in [3.8, 4) is 0 Å². The van der Waals surface area contributed by atoms with Crippen molar-refractivity contribution in [3.63, 3.8) is 0 Å². The van der Waals surface area contributed by atoms with Gasteiger partial charge in [0.05, 0.1) is 6.04 Å². The van der Waals surface area contributed by atoms with E-state index in [0.29, 0.717) is 0 Å². The van der Waals surface area contributed by atoms with Crippen LogP contribution in [0.2, 0.25) is 0 Å². The quantitative estimate of drug-likeness (QED) is 0.431. The van der Waals surface area contributed by atoms with Crippen molar-refractivity contribution in [1.82, 2.24) is 0 Å². The van der Waals surface area contributed by atoms with E-state index in [1.807, 2.05) is 29.2 Å². The molecule has 3 aromatic carbocycles. The molecule has 3 atom stereocenters. The molecule has 3 aromatic rings. The fourth-order valence-corrected chi connectivity index (χ4v) is 4.96. The molecule has 0 unspecified atom stereocenters. The summed E-state index contributed by atoms with van der Waals surface area (Å²) in [6.45, 7) is 6.65. The molecular formula is C29H34N2O. The Hall–Kier alpha value is -3.07. The second kappa shape index (κ2) is 10.0. The summed E-state index contributed by atoms with van der Waals surface area (Å²) in [6.07, 6.45) is 4.33. The molecular weight excluding hydrogens is 392 g/mol. The molecule has 0 aliphatic carbocycles. The minimum absolute atomic E-state index is 0.0938. The number of amides is 1. The Balaban J connectivity index is 1.68. The molecule has 0 bridgehead atoms. The van der Waals surface area contributed by atoms with Gasteiger partial charge >= 0.3 is 0 Å². The maximum absolute atomic E-state index is 13.8. The van der Waals surface area contributed by atoms with E-state index in [-0.39, 0.29) is 23.9 Å². The first-order chi connectivity index (χ1) is 15.6. The molecule has 1 N–H and O–H groups in total. The summed E-state index contributed by atoms with van der Waals surface area (Å²) in [5.74, 6) is 0.360. The summed E-state index contributed by atoms with van der Waals surface area (Å²) >= 11 is 0. The van der Waals surface area contributed by atoms with Crippen LogP contribution in [0.5, 0.6) is 0 Å². The van der Waals surface area contributed by atoms with Gasteiger partial charge in [-0.25, -0.2) is 0 Å². The van der Waals surface area contributed by atoms with Crippen LogP contribution in [0.25, 0.3) is 0 Å². The third-order valence-corrected chi connectivity index (χ3v) is 6.75. The van der Waals surface area contributed by atoms with Crippen molar-refractivity contribution in [2.75, 3.05) is 10.2 Å². The highest BCUT2D eigenvalue weighted by atomic mass is 16.2. The third-order valence-electron chi connectivity index (χ3n) is 6.75. The van der Waals surface area contributed by atoms with E-state index in [0.717, 1.165) is 29.8 Å². The molecule has 32 heavy (non-hydrogen) atoms. The van der Waals surface area contributed by atoms with Gasteiger partial charge in [0.25, 0.3) is 5.91 Å². The second-order valence-electron chi connectivity index (χ2n) is 8.86. The number of carbonyl (C=O) groups excluding carboxylic acids is 1. The lowest BCUT2D eigenvalue weighted by atomic mass is 9.80. The van der Waals surface area contributed by atoms with E-state index in [1.54, 1.807) is 0 Å². The summed E-state index contributed by atoms with van der Waals surface area (Å²) in [5.41, 5.74) is 5.37. The van der Waals surface area contributed by atoms with Crippen LogP contribution in [0.3, 0.4) is 0 Å². The highest BCUT2D eigenvalue weighted by Crippen LogP contribution is 2.43. The lowest BCUT2D eigenvalue weighted by molar-refractivity contribution is 0.0960. The molecule has 1 aliphatic heterocycles. The van der Waals surface area contributed by atoms with E-state index < -0.39 is 0 Å². The van der Waals surface area contributed by atoms with Crippen molar-refractivity contribution in [3.05, 3.63) is 95.6 Å². The van der Waals surface area contributed by atoms with Crippen LogP contribution in [0.15, 0.2) is 78.9 Å². The SMILES string of the molecule is CCCCc1ccc(C(=O)N2c3ccccc3[C@H](Nc3ccccc3)[C@@H](C)[C@@H]2CC)cc1. The topological polar surface area (TPSA) is 32.3 Å². The highest BCUT2D eigenvalue weighted by Gasteiger charge is 2.40. The number of benzene rings is 3. The monoisotopic (exact) mass is 426 g/mol. The number of fused-ring (bicyclic) bond motifs is 1. The number of aryl methyl sites for hydroxylation is 1. The van der Waals surface area contributed by atoms with Crippen LogP contribution in [0.4, 0.5) is 11.4 Å². The molecule has 0 fully saturated rings. The van der Waals surface area contributed by atoms with E-state index in [2.05, 4.69) is 80.7 Å². The Bertz CT molecular complexity index is 1030. The minimum Gasteiger partial charge on any atom is -0.378 e. The smallest absolute Gasteiger partial charge is 0.258 e. The van der Waals surface area contributed by atoms with Crippen molar-refractivity contribution in [2.24, 2.45) is 5.92 Å². The first-order valence-corrected chi connectivity index (χ1v) is 12.0. The molecule has 3 nitrogen and oxygen atoms in total. The molecule has 0 spiro atoms. The fraction of sp³-hybridized carbons (Fsp3) is 0.345. The summed E-state index contributed by atoms with van der Waals surface area (Å²) in [7, 11) is 0. The van der Waals surface area contributed by atoms with Crippen LogP contribution in [0.1, 0.15) is 67.6 Å². The fourth-order valence-electron chi connectivity index (χ4n) is 4.96. The number of unbranched alkanes of at least 4 members (excludes halogenated alkanes) is 1. The Morgan fingerprint density at radius 1 is 0.906 bits per heavy atom. The molecule has 0 aromatic heterocycles. The number of para-hydroxylation sites is 2. The maximum Gasteiger partial charge on any atom is 0.258 e. The molecule has 1 amide bonds. The van der Waals surface area contributed by atoms with Gasteiger partial charge in [0.1, 0.15) is 0 Å². The summed E-state index contributed by atoms with van der Waals surface area (Å²) < 4.78 is 0. The number of nitrogens with zero attached hydrogens (tertiary/aromatic N) is 1. The second-order valence-corrected chi connectivity index (χ2v) is 8.86. The van der Waals surface area contributed by atoms with Gasteiger partial charge in [-0.3, -0.25) is 4.79 Å². The number of anilines is 2. The first-order valence-electron chi connectivity index (χ1n) is 12.0. The van der Waals surface area contributed by atoms with E-state index in [1.165, 1.54) is 24.0 Å². The average Bonchev–Trinajstić information content (AvgIpc) is 2.84. The molecule has 1 aliphatic rings. The van der Waals surface area contributed by atoms with Crippen LogP contribution in [-0.2, 0) is 6.42 Å². The van der Waals surface area contributed by atoms with E-state index in [4.69, 9.17) is 0 Å². The number of carbonyl (C=O) groups is 1. The third kappa shape index (κ3) is 4.43. The summed E-state index contributed by atoms with van der Waals surface area (Å²) in [4.78, 5) is 15.8. The number of hydrogen-bond donors (Lipinski definition) is 1. The normalized spacial score (nSPS) is 20.0. The van der Waals surface area contributed by atoms with Gasteiger partial charge < -0.3 is 10.2 Å². The van der Waals surface area contributed by atoms with Gasteiger partial charge in [0, 0.05) is 28.9 Å². The standard InChI is InChI=1S/C29H34N2O/c1-4-6-12-22-17-19-23(20-18-22)29(32)31-26(5-2)21(3)28(25-15-10-11-16-27(25)31)30-24-13-8-7-9-14-24/h7-11,13-21,26,28,30H,4-6,12H2,1-3H3/t21-,26-,28+/m0/s1. The van der Waals surface area contributed by atoms with Gasteiger partial charge in [-0.05, 0) is 60.7 Å². The van der Waals surface area contributed by atoms with E-state index in [9.17, 15) is 4.79 Å². The van der Waals surface area contributed by atoms with Gasteiger partial charge in [-0.1, -0.05) is 75.7 Å².